The monoisotopic (exact) mass is 385 g/mol. The largest absolute Gasteiger partial charge is 0.459 e. The summed E-state index contributed by atoms with van der Waals surface area (Å²) in [7, 11) is 0. The number of fused-ring (bicyclic) bond motifs is 1. The molecule has 7 heteroatoms. The number of amides is 1. The molecule has 0 spiro atoms. The topological polar surface area (TPSA) is 85.6 Å². The number of carbonyl (C=O) groups excluding carboxylic acids is 3. The Bertz CT molecular complexity index is 911. The van der Waals surface area contributed by atoms with Crippen molar-refractivity contribution in [1.82, 2.24) is 5.32 Å². The number of esters is 1. The summed E-state index contributed by atoms with van der Waals surface area (Å²) in [6, 6.07) is 12.6. The number of ether oxygens (including phenoxy) is 1. The molecule has 2 heterocycles. The minimum Gasteiger partial charge on any atom is -0.459 e. The Morgan fingerprint density at radius 3 is 2.70 bits per heavy atom. The third kappa shape index (κ3) is 5.04. The predicted molar refractivity (Wildman–Crippen MR) is 102 cm³/mol. The van der Waals surface area contributed by atoms with Crippen LogP contribution in [0.15, 0.2) is 52.3 Å². The van der Waals surface area contributed by atoms with Crippen molar-refractivity contribution in [3.63, 3.8) is 0 Å². The lowest BCUT2D eigenvalue weighted by atomic mass is 10.2. The summed E-state index contributed by atoms with van der Waals surface area (Å²) < 4.78 is 10.6. The number of benzene rings is 1. The van der Waals surface area contributed by atoms with Crippen molar-refractivity contribution in [2.75, 3.05) is 6.61 Å². The lowest BCUT2D eigenvalue weighted by molar-refractivity contribution is -0.148. The zero-order chi connectivity index (χ0) is 19.2. The molecule has 0 radical (unpaired) electrons. The van der Waals surface area contributed by atoms with E-state index in [4.69, 9.17) is 9.15 Å². The molecule has 1 N–H and O–H groups in total. The number of ketones is 1. The van der Waals surface area contributed by atoms with Gasteiger partial charge in [-0.15, -0.1) is 11.3 Å². The first-order chi connectivity index (χ1) is 13.0. The highest BCUT2D eigenvalue weighted by Gasteiger charge is 2.16. The minimum atomic E-state index is -0.577. The quantitative estimate of drug-likeness (QED) is 0.470. The fourth-order valence-corrected chi connectivity index (χ4v) is 3.26. The number of Topliss-reactive ketones (excluding diaryl/α,β-unsaturated/α-hetero) is 1. The zero-order valence-corrected chi connectivity index (χ0v) is 15.6. The maximum absolute atomic E-state index is 12.0. The first-order valence-corrected chi connectivity index (χ1v) is 9.41. The summed E-state index contributed by atoms with van der Waals surface area (Å²) in [5.74, 6) is -0.491. The molecule has 1 aromatic carbocycles. The minimum absolute atomic E-state index is 0.0524. The van der Waals surface area contributed by atoms with E-state index < -0.39 is 18.5 Å². The van der Waals surface area contributed by atoms with Crippen LogP contribution < -0.4 is 5.32 Å². The van der Waals surface area contributed by atoms with Gasteiger partial charge in [0.05, 0.1) is 17.3 Å². The van der Waals surface area contributed by atoms with E-state index in [1.165, 1.54) is 11.3 Å². The molecule has 140 valence electrons. The van der Waals surface area contributed by atoms with Crippen LogP contribution in [0.1, 0.15) is 41.2 Å². The van der Waals surface area contributed by atoms with Gasteiger partial charge in [-0.2, -0.15) is 0 Å². The molecule has 0 bridgehead atoms. The molecule has 0 aliphatic carbocycles. The van der Waals surface area contributed by atoms with E-state index in [2.05, 4.69) is 5.32 Å². The SMILES string of the molecule is C[C@@H](NC(=O)COC(=O)CCC(=O)c1cccs1)c1cc2ccccc2o1. The molecule has 3 rings (SSSR count). The van der Waals surface area contributed by atoms with Crippen LogP contribution in [0.5, 0.6) is 0 Å². The second kappa shape index (κ2) is 8.64. The average Bonchev–Trinajstić information content (AvgIpc) is 3.33. The number of hydrogen-bond donors (Lipinski definition) is 1. The van der Waals surface area contributed by atoms with Crippen LogP contribution >= 0.6 is 11.3 Å². The van der Waals surface area contributed by atoms with Gasteiger partial charge in [0.2, 0.25) is 0 Å². The Balaban J connectivity index is 1.42. The smallest absolute Gasteiger partial charge is 0.306 e. The molecule has 0 aliphatic heterocycles. The predicted octanol–water partition coefficient (Wildman–Crippen LogP) is 3.88. The average molecular weight is 385 g/mol. The number of furan rings is 1. The molecule has 0 aliphatic rings. The normalized spacial score (nSPS) is 11.9. The summed E-state index contributed by atoms with van der Waals surface area (Å²) in [6.45, 7) is 1.40. The van der Waals surface area contributed by atoms with Crippen molar-refractivity contribution in [2.45, 2.75) is 25.8 Å². The van der Waals surface area contributed by atoms with Crippen molar-refractivity contribution >= 4 is 40.0 Å². The molecule has 1 atom stereocenters. The lowest BCUT2D eigenvalue weighted by Gasteiger charge is -2.11. The van der Waals surface area contributed by atoms with Gasteiger partial charge < -0.3 is 14.5 Å². The van der Waals surface area contributed by atoms with Crippen molar-refractivity contribution in [3.8, 4) is 0 Å². The third-order valence-corrected chi connectivity index (χ3v) is 4.88. The van der Waals surface area contributed by atoms with Crippen LogP contribution in [0, 0.1) is 0 Å². The van der Waals surface area contributed by atoms with E-state index in [1.54, 1.807) is 24.4 Å². The van der Waals surface area contributed by atoms with E-state index in [1.807, 2.05) is 30.3 Å². The van der Waals surface area contributed by atoms with E-state index in [0.717, 1.165) is 11.0 Å². The number of hydrogen-bond acceptors (Lipinski definition) is 6. The first-order valence-electron chi connectivity index (χ1n) is 8.53. The number of para-hydroxylation sites is 1. The third-order valence-electron chi connectivity index (χ3n) is 3.97. The van der Waals surface area contributed by atoms with Crippen LogP contribution in [0.3, 0.4) is 0 Å². The Labute approximate surface area is 160 Å². The molecule has 3 aromatic rings. The number of rotatable bonds is 8. The Kier molecular flexibility index (Phi) is 6.03. The number of carbonyl (C=O) groups is 3. The highest BCUT2D eigenvalue weighted by molar-refractivity contribution is 7.12. The second-order valence-electron chi connectivity index (χ2n) is 6.04. The Morgan fingerprint density at radius 2 is 1.96 bits per heavy atom. The van der Waals surface area contributed by atoms with Gasteiger partial charge in [-0.25, -0.2) is 0 Å². The Morgan fingerprint density at radius 1 is 1.15 bits per heavy atom. The van der Waals surface area contributed by atoms with Crippen LogP contribution in [0.25, 0.3) is 11.0 Å². The highest BCUT2D eigenvalue weighted by Crippen LogP contribution is 2.23. The molecule has 6 nitrogen and oxygen atoms in total. The molecule has 0 unspecified atom stereocenters. The van der Waals surface area contributed by atoms with Crippen LogP contribution in [-0.2, 0) is 14.3 Å². The van der Waals surface area contributed by atoms with Crippen LogP contribution in [0.4, 0.5) is 0 Å². The molecular weight excluding hydrogens is 366 g/mol. The Hall–Kier alpha value is -2.93. The van der Waals surface area contributed by atoms with Crippen molar-refractivity contribution in [2.24, 2.45) is 0 Å². The van der Waals surface area contributed by atoms with Crippen molar-refractivity contribution in [3.05, 3.63) is 58.5 Å². The standard InChI is InChI=1S/C20H19NO5S/c1-13(17-11-14-5-2-3-6-16(14)26-17)21-19(23)12-25-20(24)9-8-15(22)18-7-4-10-27-18/h2-7,10-11,13H,8-9,12H2,1H3,(H,21,23)/t13-/m1/s1. The number of thiophene rings is 1. The molecule has 0 fully saturated rings. The maximum atomic E-state index is 12.0. The molecule has 27 heavy (non-hydrogen) atoms. The first kappa shape index (κ1) is 18.8. The van der Waals surface area contributed by atoms with E-state index in [9.17, 15) is 14.4 Å². The van der Waals surface area contributed by atoms with Gasteiger partial charge in [0.15, 0.2) is 12.4 Å². The van der Waals surface area contributed by atoms with Crippen LogP contribution in [-0.4, -0.2) is 24.3 Å². The van der Waals surface area contributed by atoms with Gasteiger partial charge in [0.1, 0.15) is 11.3 Å². The van der Waals surface area contributed by atoms with Gasteiger partial charge in [-0.1, -0.05) is 24.3 Å². The van der Waals surface area contributed by atoms with Crippen molar-refractivity contribution < 1.29 is 23.5 Å². The molecule has 1 amide bonds. The molecule has 2 aromatic heterocycles. The maximum Gasteiger partial charge on any atom is 0.306 e. The van der Waals surface area contributed by atoms with Gasteiger partial charge in [0.25, 0.3) is 5.91 Å². The van der Waals surface area contributed by atoms with Gasteiger partial charge in [0, 0.05) is 11.8 Å². The van der Waals surface area contributed by atoms with Gasteiger partial charge in [-0.3, -0.25) is 14.4 Å². The summed E-state index contributed by atoms with van der Waals surface area (Å²) in [5, 5.41) is 5.48. The second-order valence-corrected chi connectivity index (χ2v) is 6.98. The van der Waals surface area contributed by atoms with E-state index >= 15 is 0 Å². The molecular formula is C20H19NO5S. The van der Waals surface area contributed by atoms with E-state index in [0.29, 0.717) is 10.6 Å². The molecule has 0 saturated heterocycles. The number of nitrogens with one attached hydrogen (secondary N) is 1. The zero-order valence-electron chi connectivity index (χ0n) is 14.8. The summed E-state index contributed by atoms with van der Waals surface area (Å²) in [4.78, 5) is 36.2. The lowest BCUT2D eigenvalue weighted by Crippen LogP contribution is -2.31. The summed E-state index contributed by atoms with van der Waals surface area (Å²) >= 11 is 1.33. The molecule has 0 saturated carbocycles. The highest BCUT2D eigenvalue weighted by atomic mass is 32.1. The van der Waals surface area contributed by atoms with Crippen molar-refractivity contribution in [1.29, 1.82) is 0 Å². The van der Waals surface area contributed by atoms with E-state index in [-0.39, 0.29) is 24.7 Å². The van der Waals surface area contributed by atoms with Gasteiger partial charge >= 0.3 is 5.97 Å². The van der Waals surface area contributed by atoms with Crippen LogP contribution in [0.2, 0.25) is 0 Å². The summed E-state index contributed by atoms with van der Waals surface area (Å²) in [5.41, 5.74) is 0.746. The summed E-state index contributed by atoms with van der Waals surface area (Å²) in [6.07, 6.45) is 0.0134. The fourth-order valence-electron chi connectivity index (χ4n) is 2.56. The van der Waals surface area contributed by atoms with Gasteiger partial charge in [-0.05, 0) is 30.5 Å². The fraction of sp³-hybridized carbons (Fsp3) is 0.250.